The number of pyridine rings is 1. The van der Waals surface area contributed by atoms with E-state index >= 15 is 0 Å². The number of nitrogens with two attached hydrogens (primary N) is 1. The summed E-state index contributed by atoms with van der Waals surface area (Å²) in [5.74, 6) is 1.16. The number of aryl methyl sites for hydroxylation is 1. The van der Waals surface area contributed by atoms with Crippen LogP contribution in [0.15, 0.2) is 17.3 Å². The number of hydrogen-bond donors (Lipinski definition) is 1. The molecule has 0 aliphatic carbocycles. The normalized spacial score (nSPS) is 10.4. The zero-order valence-electron chi connectivity index (χ0n) is 8.92. The highest BCUT2D eigenvalue weighted by Gasteiger charge is 2.00. The molecule has 78 valence electrons. The molecule has 2 N–H and O–H groups in total. The maximum absolute atomic E-state index is 5.63. The van der Waals surface area contributed by atoms with Gasteiger partial charge in [0.2, 0.25) is 0 Å². The number of thioether (sulfide) groups is 1. The van der Waals surface area contributed by atoms with E-state index in [-0.39, 0.29) is 0 Å². The first-order chi connectivity index (χ1) is 6.74. The fraction of sp³-hybridized carbons (Fsp3) is 0.545. The minimum atomic E-state index is 0.750. The third-order valence-electron chi connectivity index (χ3n) is 2.04. The maximum atomic E-state index is 5.63. The molecule has 1 heterocycles. The van der Waals surface area contributed by atoms with Crippen LogP contribution in [0.25, 0.3) is 0 Å². The molecule has 0 saturated carbocycles. The van der Waals surface area contributed by atoms with Gasteiger partial charge < -0.3 is 5.73 Å². The standard InChI is InChI=1S/C11H18N2S/c1-3-4-5-6-14-11-9(2)7-10(12)8-13-11/h7-8H,3-6,12H2,1-2H3. The van der Waals surface area contributed by atoms with Gasteiger partial charge in [0.15, 0.2) is 0 Å². The first kappa shape index (κ1) is 11.4. The number of anilines is 1. The molecule has 0 unspecified atom stereocenters. The van der Waals surface area contributed by atoms with Crippen LogP contribution in [0.4, 0.5) is 5.69 Å². The summed E-state index contributed by atoms with van der Waals surface area (Å²) in [5, 5.41) is 1.12. The molecule has 0 atom stereocenters. The fourth-order valence-corrected chi connectivity index (χ4v) is 2.21. The van der Waals surface area contributed by atoms with Crippen LogP contribution in [0.2, 0.25) is 0 Å². The summed E-state index contributed by atoms with van der Waals surface area (Å²) in [6, 6.07) is 1.98. The molecule has 0 aliphatic heterocycles. The predicted molar refractivity (Wildman–Crippen MR) is 63.6 cm³/mol. The van der Waals surface area contributed by atoms with Crippen LogP contribution < -0.4 is 5.73 Å². The maximum Gasteiger partial charge on any atom is 0.0990 e. The Balaban J connectivity index is 2.42. The van der Waals surface area contributed by atoms with E-state index in [1.807, 2.05) is 17.8 Å². The molecule has 0 amide bonds. The Labute approximate surface area is 90.3 Å². The summed E-state index contributed by atoms with van der Waals surface area (Å²) in [4.78, 5) is 4.31. The highest BCUT2D eigenvalue weighted by Crippen LogP contribution is 2.22. The molecule has 0 bridgehead atoms. The largest absolute Gasteiger partial charge is 0.397 e. The second-order valence-electron chi connectivity index (χ2n) is 3.45. The summed E-state index contributed by atoms with van der Waals surface area (Å²) in [7, 11) is 0. The lowest BCUT2D eigenvalue weighted by molar-refractivity contribution is 0.778. The van der Waals surface area contributed by atoms with Crippen LogP contribution in [0.1, 0.15) is 31.7 Å². The molecule has 0 saturated heterocycles. The number of aromatic nitrogens is 1. The lowest BCUT2D eigenvalue weighted by atomic mass is 10.3. The molecule has 0 radical (unpaired) electrons. The van der Waals surface area contributed by atoms with Crippen molar-refractivity contribution in [3.63, 3.8) is 0 Å². The molecule has 0 aromatic carbocycles. The third-order valence-corrected chi connectivity index (χ3v) is 3.23. The second kappa shape index (κ2) is 5.91. The monoisotopic (exact) mass is 210 g/mol. The molecule has 0 aliphatic rings. The van der Waals surface area contributed by atoms with Crippen molar-refractivity contribution in [2.24, 2.45) is 0 Å². The third kappa shape index (κ3) is 3.58. The zero-order chi connectivity index (χ0) is 10.4. The molecule has 1 aromatic heterocycles. The lowest BCUT2D eigenvalue weighted by Gasteiger charge is -2.04. The van der Waals surface area contributed by atoms with E-state index in [4.69, 9.17) is 5.73 Å². The molecule has 2 nitrogen and oxygen atoms in total. The van der Waals surface area contributed by atoms with Crippen molar-refractivity contribution in [1.29, 1.82) is 0 Å². The summed E-state index contributed by atoms with van der Waals surface area (Å²) in [5.41, 5.74) is 7.57. The van der Waals surface area contributed by atoms with E-state index in [1.54, 1.807) is 6.20 Å². The van der Waals surface area contributed by atoms with Gasteiger partial charge in [-0.15, -0.1) is 11.8 Å². The number of unbranched alkanes of at least 4 members (excludes halogenated alkanes) is 2. The Morgan fingerprint density at radius 2 is 2.21 bits per heavy atom. The van der Waals surface area contributed by atoms with Gasteiger partial charge >= 0.3 is 0 Å². The molecule has 1 rings (SSSR count). The van der Waals surface area contributed by atoms with Crippen LogP contribution in [-0.4, -0.2) is 10.7 Å². The van der Waals surface area contributed by atoms with Crippen molar-refractivity contribution in [1.82, 2.24) is 4.98 Å². The van der Waals surface area contributed by atoms with Crippen LogP contribution >= 0.6 is 11.8 Å². The Morgan fingerprint density at radius 1 is 1.43 bits per heavy atom. The number of hydrogen-bond acceptors (Lipinski definition) is 3. The molecule has 0 fully saturated rings. The SMILES string of the molecule is CCCCCSc1ncc(N)cc1C. The molecule has 3 heteroatoms. The topological polar surface area (TPSA) is 38.9 Å². The van der Waals surface area contributed by atoms with E-state index in [2.05, 4.69) is 18.8 Å². The van der Waals surface area contributed by atoms with Crippen molar-refractivity contribution in [3.05, 3.63) is 17.8 Å². The van der Waals surface area contributed by atoms with Crippen molar-refractivity contribution in [2.45, 2.75) is 38.1 Å². The summed E-state index contributed by atoms with van der Waals surface area (Å²) in [6.45, 7) is 4.28. The van der Waals surface area contributed by atoms with Gasteiger partial charge in [-0.2, -0.15) is 0 Å². The Hall–Kier alpha value is -0.700. The summed E-state index contributed by atoms with van der Waals surface area (Å²) in [6.07, 6.45) is 5.58. The smallest absolute Gasteiger partial charge is 0.0990 e. The summed E-state index contributed by atoms with van der Waals surface area (Å²) < 4.78 is 0. The molecular formula is C11H18N2S. The summed E-state index contributed by atoms with van der Waals surface area (Å²) >= 11 is 1.83. The average molecular weight is 210 g/mol. The van der Waals surface area contributed by atoms with Gasteiger partial charge in [0.1, 0.15) is 0 Å². The molecule has 1 aromatic rings. The van der Waals surface area contributed by atoms with Gasteiger partial charge in [-0.25, -0.2) is 4.98 Å². The second-order valence-corrected chi connectivity index (χ2v) is 4.53. The molecule has 14 heavy (non-hydrogen) atoms. The molecule has 0 spiro atoms. The highest BCUT2D eigenvalue weighted by atomic mass is 32.2. The van der Waals surface area contributed by atoms with E-state index in [0.29, 0.717) is 0 Å². The van der Waals surface area contributed by atoms with Gasteiger partial charge in [0.25, 0.3) is 0 Å². The van der Waals surface area contributed by atoms with E-state index in [9.17, 15) is 0 Å². The zero-order valence-corrected chi connectivity index (χ0v) is 9.73. The van der Waals surface area contributed by atoms with Gasteiger partial charge in [0, 0.05) is 0 Å². The Kier molecular flexibility index (Phi) is 4.80. The highest BCUT2D eigenvalue weighted by molar-refractivity contribution is 7.99. The van der Waals surface area contributed by atoms with Gasteiger partial charge in [-0.3, -0.25) is 0 Å². The molecular weight excluding hydrogens is 192 g/mol. The first-order valence-electron chi connectivity index (χ1n) is 5.09. The van der Waals surface area contributed by atoms with Gasteiger partial charge in [-0.1, -0.05) is 19.8 Å². The lowest BCUT2D eigenvalue weighted by Crippen LogP contribution is -1.92. The van der Waals surface area contributed by atoms with Gasteiger partial charge in [-0.05, 0) is 30.7 Å². The van der Waals surface area contributed by atoms with E-state index < -0.39 is 0 Å². The minimum Gasteiger partial charge on any atom is -0.397 e. The van der Waals surface area contributed by atoms with E-state index in [1.165, 1.54) is 24.8 Å². The van der Waals surface area contributed by atoms with Crippen molar-refractivity contribution < 1.29 is 0 Å². The number of nitrogen functional groups attached to an aromatic ring is 1. The van der Waals surface area contributed by atoms with Gasteiger partial charge in [0.05, 0.1) is 16.9 Å². The van der Waals surface area contributed by atoms with Crippen molar-refractivity contribution >= 4 is 17.4 Å². The van der Waals surface area contributed by atoms with Crippen molar-refractivity contribution in [3.8, 4) is 0 Å². The minimum absolute atomic E-state index is 0.750. The predicted octanol–water partition coefficient (Wildman–Crippen LogP) is 3.25. The van der Waals surface area contributed by atoms with Crippen LogP contribution in [-0.2, 0) is 0 Å². The fourth-order valence-electron chi connectivity index (χ4n) is 1.26. The van der Waals surface area contributed by atoms with Crippen LogP contribution in [0.5, 0.6) is 0 Å². The van der Waals surface area contributed by atoms with E-state index in [0.717, 1.165) is 16.5 Å². The number of nitrogens with zero attached hydrogens (tertiary/aromatic N) is 1. The van der Waals surface area contributed by atoms with Crippen molar-refractivity contribution in [2.75, 3.05) is 11.5 Å². The Morgan fingerprint density at radius 3 is 2.86 bits per heavy atom. The average Bonchev–Trinajstić information content (AvgIpc) is 2.15. The van der Waals surface area contributed by atoms with Crippen LogP contribution in [0.3, 0.4) is 0 Å². The van der Waals surface area contributed by atoms with Crippen LogP contribution in [0, 0.1) is 6.92 Å². The number of rotatable bonds is 5. The quantitative estimate of drug-likeness (QED) is 0.599. The first-order valence-corrected chi connectivity index (χ1v) is 6.07. The Bertz CT molecular complexity index is 287.